The fourth-order valence-electron chi connectivity index (χ4n) is 2.33. The minimum atomic E-state index is -1.16. The lowest BCUT2D eigenvalue weighted by Crippen LogP contribution is -2.11. The smallest absolute Gasteiger partial charge is 0.343 e. The van der Waals surface area contributed by atoms with Crippen molar-refractivity contribution in [3.8, 4) is 0 Å². The fourth-order valence-corrected chi connectivity index (χ4v) is 2.33. The number of hydrogen-bond donors (Lipinski definition) is 2. The maximum Gasteiger partial charge on any atom is 0.343 e. The Bertz CT molecular complexity index is 947. The van der Waals surface area contributed by atoms with Crippen LogP contribution in [0.3, 0.4) is 0 Å². The van der Waals surface area contributed by atoms with Gasteiger partial charge >= 0.3 is 11.9 Å². The Kier molecular flexibility index (Phi) is 4.34. The van der Waals surface area contributed by atoms with E-state index >= 15 is 0 Å². The van der Waals surface area contributed by atoms with E-state index in [1.54, 1.807) is 6.92 Å². The van der Waals surface area contributed by atoms with E-state index in [2.05, 4.69) is 15.4 Å². The van der Waals surface area contributed by atoms with E-state index in [1.807, 2.05) is 31.2 Å². The number of aromatic carboxylic acids is 1. The van der Waals surface area contributed by atoms with Gasteiger partial charge in [0, 0.05) is 11.9 Å². The summed E-state index contributed by atoms with van der Waals surface area (Å²) in [6.07, 6.45) is 2.50. The number of carbonyl (C=O) groups is 2. The number of carbonyl (C=O) groups excluding carboxylic acids is 1. The van der Waals surface area contributed by atoms with Gasteiger partial charge in [-0.1, -0.05) is 17.7 Å². The van der Waals surface area contributed by atoms with Crippen molar-refractivity contribution in [1.29, 1.82) is 0 Å². The lowest BCUT2D eigenvalue weighted by atomic mass is 10.2. The van der Waals surface area contributed by atoms with Gasteiger partial charge in [0.1, 0.15) is 11.1 Å². The van der Waals surface area contributed by atoms with Crippen molar-refractivity contribution in [2.24, 2.45) is 0 Å². The molecule has 0 amide bonds. The third kappa shape index (κ3) is 3.14. The van der Waals surface area contributed by atoms with Gasteiger partial charge < -0.3 is 15.2 Å². The van der Waals surface area contributed by atoms with Crippen LogP contribution in [0.4, 0.5) is 11.5 Å². The molecule has 0 unspecified atom stereocenters. The molecule has 0 aliphatic rings. The van der Waals surface area contributed by atoms with Crippen molar-refractivity contribution in [3.05, 3.63) is 53.3 Å². The zero-order valence-electron chi connectivity index (χ0n) is 13.7. The second-order valence-electron chi connectivity index (χ2n) is 5.33. The topological polar surface area (TPSA) is 106 Å². The predicted molar refractivity (Wildman–Crippen MR) is 90.4 cm³/mol. The highest BCUT2D eigenvalue weighted by atomic mass is 16.5. The number of anilines is 2. The highest BCUT2D eigenvalue weighted by Crippen LogP contribution is 2.23. The molecule has 0 aliphatic heterocycles. The van der Waals surface area contributed by atoms with Crippen LogP contribution in [0.2, 0.25) is 0 Å². The summed E-state index contributed by atoms with van der Waals surface area (Å²) in [4.78, 5) is 27.6. The normalized spacial score (nSPS) is 10.6. The molecule has 3 rings (SSSR count). The zero-order valence-corrected chi connectivity index (χ0v) is 13.7. The number of aromatic nitrogens is 3. The Morgan fingerprint density at radius 1 is 1.20 bits per heavy atom. The van der Waals surface area contributed by atoms with Gasteiger partial charge in [-0.25, -0.2) is 14.6 Å². The molecule has 0 saturated carbocycles. The molecule has 0 spiro atoms. The average molecular weight is 340 g/mol. The number of hydrogen-bond acceptors (Lipinski definition) is 6. The molecular weight excluding hydrogens is 324 g/mol. The first-order valence-electron chi connectivity index (χ1n) is 7.62. The monoisotopic (exact) mass is 340 g/mol. The molecule has 8 heteroatoms. The van der Waals surface area contributed by atoms with Gasteiger partial charge in [0.25, 0.3) is 0 Å². The molecule has 0 atom stereocenters. The second kappa shape index (κ2) is 6.60. The van der Waals surface area contributed by atoms with Crippen LogP contribution in [0.15, 0.2) is 36.7 Å². The van der Waals surface area contributed by atoms with Crippen LogP contribution in [0.1, 0.15) is 33.2 Å². The average Bonchev–Trinajstić information content (AvgIpc) is 3.01. The summed E-state index contributed by atoms with van der Waals surface area (Å²) in [5.41, 5.74) is 2.09. The number of fused-ring (bicyclic) bond motifs is 1. The van der Waals surface area contributed by atoms with Crippen molar-refractivity contribution >= 4 is 29.1 Å². The van der Waals surface area contributed by atoms with E-state index in [0.29, 0.717) is 5.69 Å². The number of carboxylic acid groups (broad SMARTS) is 1. The third-order valence-corrected chi connectivity index (χ3v) is 3.57. The molecule has 128 valence electrons. The molecule has 0 fully saturated rings. The number of nitrogens with zero attached hydrogens (tertiary/aromatic N) is 3. The molecule has 25 heavy (non-hydrogen) atoms. The predicted octanol–water partition coefficient (Wildman–Crippen LogP) is 2.66. The Balaban J connectivity index is 2.13. The maximum absolute atomic E-state index is 12.0. The van der Waals surface area contributed by atoms with Gasteiger partial charge in [-0.15, -0.1) is 0 Å². The summed E-state index contributed by atoms with van der Waals surface area (Å²) < 4.78 is 6.26. The molecular formula is C17H16N4O4. The molecule has 8 nitrogen and oxygen atoms in total. The van der Waals surface area contributed by atoms with Crippen LogP contribution in [0, 0.1) is 6.92 Å². The number of aryl methyl sites for hydroxylation is 1. The van der Waals surface area contributed by atoms with Crippen molar-refractivity contribution in [2.75, 3.05) is 11.9 Å². The molecule has 1 aromatic carbocycles. The third-order valence-electron chi connectivity index (χ3n) is 3.57. The van der Waals surface area contributed by atoms with E-state index in [1.165, 1.54) is 16.9 Å². The van der Waals surface area contributed by atoms with Crippen LogP contribution in [-0.4, -0.2) is 38.3 Å². The van der Waals surface area contributed by atoms with E-state index in [9.17, 15) is 14.7 Å². The molecule has 2 N–H and O–H groups in total. The summed E-state index contributed by atoms with van der Waals surface area (Å²) in [5, 5.41) is 16.6. The lowest BCUT2D eigenvalue weighted by Gasteiger charge is -2.11. The SMILES string of the molecule is CCOC(=O)c1cnn2c(Nc3ccc(C)cc3)c(C(=O)O)cnc12. The zero-order chi connectivity index (χ0) is 18.0. The van der Waals surface area contributed by atoms with Crippen LogP contribution >= 0.6 is 0 Å². The quantitative estimate of drug-likeness (QED) is 0.688. The maximum atomic E-state index is 12.0. The second-order valence-corrected chi connectivity index (χ2v) is 5.33. The van der Waals surface area contributed by atoms with E-state index in [-0.39, 0.29) is 29.2 Å². The van der Waals surface area contributed by atoms with Gasteiger partial charge in [0.05, 0.1) is 12.8 Å². The fraction of sp³-hybridized carbons (Fsp3) is 0.176. The van der Waals surface area contributed by atoms with Gasteiger partial charge in [-0.3, -0.25) is 0 Å². The van der Waals surface area contributed by atoms with Crippen molar-refractivity contribution in [2.45, 2.75) is 13.8 Å². The van der Waals surface area contributed by atoms with Gasteiger partial charge in [0.2, 0.25) is 0 Å². The summed E-state index contributed by atoms with van der Waals surface area (Å²) in [6.45, 7) is 3.87. The van der Waals surface area contributed by atoms with Crippen LogP contribution in [-0.2, 0) is 4.74 Å². The largest absolute Gasteiger partial charge is 0.477 e. The van der Waals surface area contributed by atoms with Crippen molar-refractivity contribution in [1.82, 2.24) is 14.6 Å². The first-order chi connectivity index (χ1) is 12.0. The van der Waals surface area contributed by atoms with Gasteiger partial charge in [-0.2, -0.15) is 9.61 Å². The van der Waals surface area contributed by atoms with E-state index in [0.717, 1.165) is 5.56 Å². The molecule has 0 bridgehead atoms. The number of benzene rings is 1. The number of esters is 1. The number of ether oxygens (including phenoxy) is 1. The Hall–Kier alpha value is -3.42. The molecule has 0 radical (unpaired) electrons. The molecule has 2 aromatic heterocycles. The summed E-state index contributed by atoms with van der Waals surface area (Å²) in [7, 11) is 0. The van der Waals surface area contributed by atoms with Crippen LogP contribution in [0.25, 0.3) is 5.65 Å². The number of rotatable bonds is 5. The highest BCUT2D eigenvalue weighted by molar-refractivity contribution is 5.98. The van der Waals surface area contributed by atoms with Gasteiger partial charge in [-0.05, 0) is 26.0 Å². The minimum Gasteiger partial charge on any atom is -0.477 e. The lowest BCUT2D eigenvalue weighted by molar-refractivity contribution is 0.0528. The van der Waals surface area contributed by atoms with Crippen molar-refractivity contribution in [3.63, 3.8) is 0 Å². The standard InChI is InChI=1S/C17H16N4O4/c1-3-25-17(24)13-9-19-21-14(13)18-8-12(16(22)23)15(21)20-11-6-4-10(2)5-7-11/h4-9,20H,3H2,1-2H3,(H,22,23). The highest BCUT2D eigenvalue weighted by Gasteiger charge is 2.21. The number of nitrogens with one attached hydrogen (secondary N) is 1. The molecule has 0 aliphatic carbocycles. The Morgan fingerprint density at radius 2 is 1.92 bits per heavy atom. The van der Waals surface area contributed by atoms with E-state index < -0.39 is 11.9 Å². The first kappa shape index (κ1) is 16.4. The van der Waals surface area contributed by atoms with Crippen LogP contribution < -0.4 is 5.32 Å². The molecule has 2 heterocycles. The molecule has 3 aromatic rings. The molecule has 0 saturated heterocycles. The summed E-state index contributed by atoms with van der Waals surface area (Å²) in [5.74, 6) is -1.51. The van der Waals surface area contributed by atoms with E-state index in [4.69, 9.17) is 4.74 Å². The van der Waals surface area contributed by atoms with Gasteiger partial charge in [0.15, 0.2) is 11.5 Å². The summed E-state index contributed by atoms with van der Waals surface area (Å²) >= 11 is 0. The Morgan fingerprint density at radius 3 is 2.56 bits per heavy atom. The number of carboxylic acids is 1. The Labute approximate surface area is 143 Å². The van der Waals surface area contributed by atoms with Crippen molar-refractivity contribution < 1.29 is 19.4 Å². The summed E-state index contributed by atoms with van der Waals surface area (Å²) in [6, 6.07) is 7.44. The first-order valence-corrected chi connectivity index (χ1v) is 7.62. The van der Waals surface area contributed by atoms with Crippen LogP contribution in [0.5, 0.6) is 0 Å². The minimum absolute atomic E-state index is 0.0633.